The summed E-state index contributed by atoms with van der Waals surface area (Å²) < 4.78 is 0. The monoisotopic (exact) mass is 384 g/mol. The van der Waals surface area contributed by atoms with Gasteiger partial charge in [0.25, 0.3) is 0 Å². The van der Waals surface area contributed by atoms with Crippen LogP contribution in [-0.4, -0.2) is 53.2 Å². The maximum absolute atomic E-state index is 12.5. The van der Waals surface area contributed by atoms with E-state index in [-0.39, 0.29) is 12.1 Å². The van der Waals surface area contributed by atoms with Gasteiger partial charge >= 0.3 is 6.03 Å². The highest BCUT2D eigenvalue weighted by Gasteiger charge is 2.22. The quantitative estimate of drug-likeness (QED) is 0.773. The Bertz CT molecular complexity index is 732. The van der Waals surface area contributed by atoms with Crippen molar-refractivity contribution in [1.29, 1.82) is 0 Å². The lowest BCUT2D eigenvalue weighted by Gasteiger charge is -2.33. The molecule has 1 fully saturated rings. The molecule has 0 spiro atoms. The molecule has 1 saturated heterocycles. The number of likely N-dealkylation sites (tertiary alicyclic amines) is 1. The highest BCUT2D eigenvalue weighted by atomic mass is 32.2. The first-order valence-corrected chi connectivity index (χ1v) is 10.6. The van der Waals surface area contributed by atoms with Crippen LogP contribution in [0.1, 0.15) is 24.0 Å². The van der Waals surface area contributed by atoms with Crippen LogP contribution in [0.3, 0.4) is 0 Å². The van der Waals surface area contributed by atoms with Crippen molar-refractivity contribution >= 4 is 17.8 Å². The molecule has 3 rings (SSSR count). The van der Waals surface area contributed by atoms with Gasteiger partial charge in [-0.25, -0.2) is 4.79 Å². The fourth-order valence-electron chi connectivity index (χ4n) is 3.38. The maximum Gasteiger partial charge on any atom is 0.317 e. The maximum atomic E-state index is 12.5. The first-order chi connectivity index (χ1) is 13.1. The third-order valence-electron chi connectivity index (χ3n) is 4.97. The first-order valence-electron chi connectivity index (χ1n) is 9.40. The molecule has 2 aromatic rings. The van der Waals surface area contributed by atoms with E-state index < -0.39 is 0 Å². The lowest BCUT2D eigenvalue weighted by molar-refractivity contribution is 0.173. The van der Waals surface area contributed by atoms with Gasteiger partial charge < -0.3 is 10.2 Å². The van der Waals surface area contributed by atoms with Gasteiger partial charge in [-0.2, -0.15) is 0 Å². The molecule has 1 N–H and O–H groups in total. The van der Waals surface area contributed by atoms with Crippen molar-refractivity contribution in [2.45, 2.75) is 36.9 Å². The van der Waals surface area contributed by atoms with Crippen LogP contribution in [0.5, 0.6) is 0 Å². The van der Waals surface area contributed by atoms with Crippen molar-refractivity contribution in [3.8, 4) is 0 Å². The summed E-state index contributed by atoms with van der Waals surface area (Å²) in [5.74, 6) is 0. The third-order valence-corrected chi connectivity index (χ3v) is 5.70. The van der Waals surface area contributed by atoms with E-state index in [1.165, 1.54) is 10.5 Å². The predicted molar refractivity (Wildman–Crippen MR) is 111 cm³/mol. The predicted octanol–water partition coefficient (Wildman–Crippen LogP) is 3.61. The van der Waals surface area contributed by atoms with Crippen molar-refractivity contribution in [1.82, 2.24) is 20.1 Å². The number of nitrogens with zero attached hydrogens (tertiary/aromatic N) is 3. The summed E-state index contributed by atoms with van der Waals surface area (Å²) in [7, 11) is 1.86. The van der Waals surface area contributed by atoms with Gasteiger partial charge in [0.15, 0.2) is 0 Å². The van der Waals surface area contributed by atoms with Crippen LogP contribution in [0.4, 0.5) is 4.79 Å². The number of urea groups is 1. The molecule has 0 atom stereocenters. The second-order valence-corrected chi connectivity index (χ2v) is 7.94. The summed E-state index contributed by atoms with van der Waals surface area (Å²) in [4.78, 5) is 22.0. The Kier molecular flexibility index (Phi) is 7.12. The first kappa shape index (κ1) is 19.7. The smallest absolute Gasteiger partial charge is 0.317 e. The lowest BCUT2D eigenvalue weighted by Crippen LogP contribution is -2.48. The summed E-state index contributed by atoms with van der Waals surface area (Å²) in [6.45, 7) is 3.59. The van der Waals surface area contributed by atoms with Crippen molar-refractivity contribution < 1.29 is 4.79 Å². The standard InChI is InChI=1S/C21H28N4OS/c1-24(15-18-4-3-5-20(14-18)27-2)21(26)23-19-8-12-25(13-9-19)16-17-6-10-22-11-7-17/h3-7,10-11,14,19H,8-9,12-13,15-16H2,1-2H3,(H,23,26). The molecule has 1 aromatic heterocycles. The number of pyridine rings is 1. The topological polar surface area (TPSA) is 48.5 Å². The van der Waals surface area contributed by atoms with E-state index in [4.69, 9.17) is 0 Å². The molecule has 0 radical (unpaired) electrons. The van der Waals surface area contributed by atoms with E-state index in [1.807, 2.05) is 25.5 Å². The molecule has 1 aliphatic rings. The number of nitrogens with one attached hydrogen (secondary N) is 1. The molecule has 6 heteroatoms. The summed E-state index contributed by atoms with van der Waals surface area (Å²) in [5, 5.41) is 3.20. The van der Waals surface area contributed by atoms with Gasteiger partial charge in [-0.3, -0.25) is 9.88 Å². The van der Waals surface area contributed by atoms with Gasteiger partial charge in [-0.05, 0) is 54.5 Å². The largest absolute Gasteiger partial charge is 0.335 e. The summed E-state index contributed by atoms with van der Waals surface area (Å²) >= 11 is 1.72. The normalized spacial score (nSPS) is 15.5. The van der Waals surface area contributed by atoms with Crippen molar-refractivity contribution in [3.05, 3.63) is 59.9 Å². The number of aromatic nitrogens is 1. The van der Waals surface area contributed by atoms with Gasteiger partial charge in [0, 0.05) is 56.6 Å². The minimum Gasteiger partial charge on any atom is -0.335 e. The Morgan fingerprint density at radius 2 is 1.96 bits per heavy atom. The minimum atomic E-state index is 0.0112. The van der Waals surface area contributed by atoms with Crippen LogP contribution in [-0.2, 0) is 13.1 Å². The van der Waals surface area contributed by atoms with Crippen LogP contribution in [0.25, 0.3) is 0 Å². The number of hydrogen-bond acceptors (Lipinski definition) is 4. The van der Waals surface area contributed by atoms with Gasteiger partial charge in [-0.15, -0.1) is 11.8 Å². The van der Waals surface area contributed by atoms with E-state index in [1.54, 1.807) is 16.7 Å². The zero-order valence-corrected chi connectivity index (χ0v) is 16.9. The summed E-state index contributed by atoms with van der Waals surface area (Å²) in [6.07, 6.45) is 7.73. The summed E-state index contributed by atoms with van der Waals surface area (Å²) in [5.41, 5.74) is 2.45. The molecular formula is C21H28N4OS. The van der Waals surface area contributed by atoms with Crippen molar-refractivity contribution in [2.24, 2.45) is 0 Å². The molecule has 0 unspecified atom stereocenters. The molecule has 27 heavy (non-hydrogen) atoms. The molecule has 0 bridgehead atoms. The molecule has 2 heterocycles. The number of carbonyl (C=O) groups is 1. The van der Waals surface area contributed by atoms with E-state index in [2.05, 4.69) is 51.8 Å². The number of piperidine rings is 1. The van der Waals surface area contributed by atoms with E-state index in [0.29, 0.717) is 6.54 Å². The summed E-state index contributed by atoms with van der Waals surface area (Å²) in [6, 6.07) is 12.7. The van der Waals surface area contributed by atoms with Crippen LogP contribution >= 0.6 is 11.8 Å². The fraction of sp³-hybridized carbons (Fsp3) is 0.429. The fourth-order valence-corrected chi connectivity index (χ4v) is 3.87. The second kappa shape index (κ2) is 9.76. The molecule has 2 amide bonds. The van der Waals surface area contributed by atoms with E-state index in [9.17, 15) is 4.79 Å². The number of rotatable bonds is 6. The lowest BCUT2D eigenvalue weighted by atomic mass is 10.0. The Balaban J connectivity index is 1.43. The highest BCUT2D eigenvalue weighted by Crippen LogP contribution is 2.17. The number of hydrogen-bond donors (Lipinski definition) is 1. The SMILES string of the molecule is CSc1cccc(CN(C)C(=O)NC2CCN(Cc3ccncc3)CC2)c1. The van der Waals surface area contributed by atoms with Gasteiger partial charge in [0.05, 0.1) is 0 Å². The Morgan fingerprint density at radius 1 is 1.22 bits per heavy atom. The van der Waals surface area contributed by atoms with Crippen LogP contribution in [0.15, 0.2) is 53.7 Å². The molecular weight excluding hydrogens is 356 g/mol. The van der Waals surface area contributed by atoms with E-state index in [0.717, 1.165) is 38.0 Å². The molecule has 1 aliphatic heterocycles. The van der Waals surface area contributed by atoms with Crippen LogP contribution in [0.2, 0.25) is 0 Å². The number of benzene rings is 1. The molecule has 1 aromatic carbocycles. The number of carbonyl (C=O) groups excluding carboxylic acids is 1. The minimum absolute atomic E-state index is 0.0112. The number of amides is 2. The van der Waals surface area contributed by atoms with Gasteiger partial charge in [0.1, 0.15) is 0 Å². The second-order valence-electron chi connectivity index (χ2n) is 7.06. The van der Waals surface area contributed by atoms with Gasteiger partial charge in [0.2, 0.25) is 0 Å². The number of thioether (sulfide) groups is 1. The van der Waals surface area contributed by atoms with Crippen molar-refractivity contribution in [3.63, 3.8) is 0 Å². The molecule has 144 valence electrons. The Morgan fingerprint density at radius 3 is 2.67 bits per heavy atom. The zero-order valence-electron chi connectivity index (χ0n) is 16.1. The zero-order chi connectivity index (χ0) is 19.1. The van der Waals surface area contributed by atoms with Crippen LogP contribution < -0.4 is 5.32 Å². The molecule has 0 aliphatic carbocycles. The average Bonchev–Trinajstić information content (AvgIpc) is 2.70. The van der Waals surface area contributed by atoms with Crippen molar-refractivity contribution in [2.75, 3.05) is 26.4 Å². The third kappa shape index (κ3) is 5.97. The van der Waals surface area contributed by atoms with E-state index >= 15 is 0 Å². The average molecular weight is 385 g/mol. The highest BCUT2D eigenvalue weighted by molar-refractivity contribution is 7.98. The Hall–Kier alpha value is -2.05. The van der Waals surface area contributed by atoms with Crippen LogP contribution in [0, 0.1) is 0 Å². The molecule has 5 nitrogen and oxygen atoms in total. The van der Waals surface area contributed by atoms with Gasteiger partial charge in [-0.1, -0.05) is 12.1 Å². The Labute approximate surface area is 166 Å². The molecule has 0 saturated carbocycles.